The third kappa shape index (κ3) is 2.32. The molecule has 1 atom stereocenters. The largest absolute Gasteiger partial charge is 0.316 e. The van der Waals surface area contributed by atoms with Gasteiger partial charge in [0.05, 0.1) is 0 Å². The Kier molecular flexibility index (Phi) is 3.14. The predicted molar refractivity (Wildman–Crippen MR) is 57.1 cm³/mol. The average molecular weight is 191 g/mol. The first kappa shape index (κ1) is 9.66. The van der Waals surface area contributed by atoms with Crippen LogP contribution in [0.3, 0.4) is 0 Å². The van der Waals surface area contributed by atoms with Gasteiger partial charge in [-0.1, -0.05) is 18.6 Å². The van der Waals surface area contributed by atoms with Crippen LogP contribution in [0, 0.1) is 5.92 Å². The highest BCUT2D eigenvalue weighted by Crippen LogP contribution is 2.23. The summed E-state index contributed by atoms with van der Waals surface area (Å²) in [4.78, 5) is 11.3. The van der Waals surface area contributed by atoms with Gasteiger partial charge in [-0.05, 0) is 37.0 Å². The maximum atomic E-state index is 11.3. The quantitative estimate of drug-likeness (QED) is 0.685. The van der Waals surface area contributed by atoms with Gasteiger partial charge in [-0.3, -0.25) is 4.79 Å². The highest BCUT2D eigenvalue weighted by atomic mass is 16.1. The van der Waals surface area contributed by atoms with E-state index in [4.69, 9.17) is 0 Å². The minimum absolute atomic E-state index is 0.256. The minimum Gasteiger partial charge on any atom is -0.316 e. The number of allylic oxidation sites excluding steroid dienone is 3. The SMILES string of the molecule is O=C1C=C(C2CCCCNC2)C=CC1. The third-order valence-corrected chi connectivity index (χ3v) is 2.98. The summed E-state index contributed by atoms with van der Waals surface area (Å²) in [6.07, 6.45) is 10.3. The molecule has 1 unspecified atom stereocenters. The first-order valence-corrected chi connectivity index (χ1v) is 5.48. The Morgan fingerprint density at radius 2 is 2.29 bits per heavy atom. The molecule has 1 heterocycles. The number of nitrogens with one attached hydrogen (secondary N) is 1. The normalized spacial score (nSPS) is 28.4. The molecule has 14 heavy (non-hydrogen) atoms. The maximum absolute atomic E-state index is 11.3. The van der Waals surface area contributed by atoms with E-state index in [0.29, 0.717) is 12.3 Å². The predicted octanol–water partition coefficient (Wildman–Crippen LogP) is 1.83. The zero-order valence-electron chi connectivity index (χ0n) is 8.46. The van der Waals surface area contributed by atoms with Crippen molar-refractivity contribution in [3.05, 3.63) is 23.8 Å². The molecular weight excluding hydrogens is 174 g/mol. The highest BCUT2D eigenvalue weighted by molar-refractivity contribution is 5.93. The van der Waals surface area contributed by atoms with Crippen molar-refractivity contribution >= 4 is 5.78 Å². The molecule has 1 aliphatic carbocycles. The summed E-state index contributed by atoms with van der Waals surface area (Å²) in [6.45, 7) is 2.16. The van der Waals surface area contributed by atoms with Crippen molar-refractivity contribution in [3.63, 3.8) is 0 Å². The Hall–Kier alpha value is -0.890. The Morgan fingerprint density at radius 1 is 1.36 bits per heavy atom. The minimum atomic E-state index is 0.256. The van der Waals surface area contributed by atoms with Crippen LogP contribution < -0.4 is 5.32 Å². The van der Waals surface area contributed by atoms with Crippen LogP contribution in [0.15, 0.2) is 23.8 Å². The van der Waals surface area contributed by atoms with Gasteiger partial charge in [0.25, 0.3) is 0 Å². The maximum Gasteiger partial charge on any atom is 0.159 e. The van der Waals surface area contributed by atoms with Gasteiger partial charge in [0.2, 0.25) is 0 Å². The highest BCUT2D eigenvalue weighted by Gasteiger charge is 2.17. The zero-order valence-corrected chi connectivity index (χ0v) is 8.46. The fourth-order valence-corrected chi connectivity index (χ4v) is 2.16. The van der Waals surface area contributed by atoms with Crippen LogP contribution in [0.2, 0.25) is 0 Å². The van der Waals surface area contributed by atoms with Gasteiger partial charge in [0.15, 0.2) is 5.78 Å². The molecule has 76 valence electrons. The van der Waals surface area contributed by atoms with Crippen molar-refractivity contribution in [1.29, 1.82) is 0 Å². The molecule has 2 nitrogen and oxygen atoms in total. The third-order valence-electron chi connectivity index (χ3n) is 2.98. The van der Waals surface area contributed by atoms with Crippen molar-refractivity contribution in [2.45, 2.75) is 25.7 Å². The number of carbonyl (C=O) groups is 1. The molecule has 1 aliphatic heterocycles. The van der Waals surface area contributed by atoms with E-state index < -0.39 is 0 Å². The van der Waals surface area contributed by atoms with Crippen molar-refractivity contribution < 1.29 is 4.79 Å². The van der Waals surface area contributed by atoms with Gasteiger partial charge in [-0.25, -0.2) is 0 Å². The second-order valence-electron chi connectivity index (χ2n) is 4.11. The molecule has 0 aromatic rings. The summed E-state index contributed by atoms with van der Waals surface area (Å²) in [5.41, 5.74) is 1.23. The topological polar surface area (TPSA) is 29.1 Å². The van der Waals surface area contributed by atoms with E-state index in [1.165, 1.54) is 24.8 Å². The van der Waals surface area contributed by atoms with Crippen molar-refractivity contribution in [2.24, 2.45) is 5.92 Å². The first-order chi connectivity index (χ1) is 6.86. The zero-order chi connectivity index (χ0) is 9.80. The monoisotopic (exact) mass is 191 g/mol. The van der Waals surface area contributed by atoms with Crippen LogP contribution in [0.4, 0.5) is 0 Å². The van der Waals surface area contributed by atoms with E-state index in [9.17, 15) is 4.79 Å². The lowest BCUT2D eigenvalue weighted by Crippen LogP contribution is -2.22. The van der Waals surface area contributed by atoms with Crippen LogP contribution in [-0.4, -0.2) is 18.9 Å². The van der Waals surface area contributed by atoms with Crippen LogP contribution in [0.5, 0.6) is 0 Å². The molecule has 0 aromatic heterocycles. The van der Waals surface area contributed by atoms with Crippen LogP contribution in [-0.2, 0) is 4.79 Å². The molecule has 2 aliphatic rings. The number of hydrogen-bond donors (Lipinski definition) is 1. The van der Waals surface area contributed by atoms with Crippen LogP contribution >= 0.6 is 0 Å². The van der Waals surface area contributed by atoms with Gasteiger partial charge in [-0.15, -0.1) is 0 Å². The summed E-state index contributed by atoms with van der Waals surface area (Å²) >= 11 is 0. The van der Waals surface area contributed by atoms with Gasteiger partial charge in [0.1, 0.15) is 0 Å². The lowest BCUT2D eigenvalue weighted by atomic mass is 9.90. The van der Waals surface area contributed by atoms with Crippen LogP contribution in [0.25, 0.3) is 0 Å². The molecule has 0 amide bonds. The smallest absolute Gasteiger partial charge is 0.159 e. The lowest BCUT2D eigenvalue weighted by Gasteiger charge is -2.17. The van der Waals surface area contributed by atoms with Crippen molar-refractivity contribution in [2.75, 3.05) is 13.1 Å². The molecule has 0 bridgehead atoms. The second-order valence-corrected chi connectivity index (χ2v) is 4.11. The number of ketones is 1. The summed E-state index contributed by atoms with van der Waals surface area (Å²) in [5, 5.41) is 3.42. The molecule has 0 radical (unpaired) electrons. The molecule has 2 heteroatoms. The molecule has 2 rings (SSSR count). The van der Waals surface area contributed by atoms with E-state index in [1.807, 2.05) is 12.2 Å². The van der Waals surface area contributed by atoms with E-state index in [1.54, 1.807) is 0 Å². The molecular formula is C12H17NO. The Labute approximate surface area is 85.1 Å². The Balaban J connectivity index is 2.05. The summed E-state index contributed by atoms with van der Waals surface area (Å²) in [5.74, 6) is 0.810. The first-order valence-electron chi connectivity index (χ1n) is 5.48. The van der Waals surface area contributed by atoms with Gasteiger partial charge < -0.3 is 5.32 Å². The fraction of sp³-hybridized carbons (Fsp3) is 0.583. The average Bonchev–Trinajstić information content (AvgIpc) is 2.45. The molecule has 0 aromatic carbocycles. The number of hydrogen-bond acceptors (Lipinski definition) is 2. The second kappa shape index (κ2) is 4.56. The molecule has 0 spiro atoms. The Bertz CT molecular complexity index is 270. The van der Waals surface area contributed by atoms with Crippen molar-refractivity contribution in [3.8, 4) is 0 Å². The number of rotatable bonds is 1. The molecule has 1 saturated heterocycles. The van der Waals surface area contributed by atoms with Gasteiger partial charge in [0, 0.05) is 13.0 Å². The van der Waals surface area contributed by atoms with Crippen molar-refractivity contribution in [1.82, 2.24) is 5.32 Å². The molecule has 1 fully saturated rings. The fourth-order valence-electron chi connectivity index (χ4n) is 2.16. The summed E-state index contributed by atoms with van der Waals surface area (Å²) in [7, 11) is 0. The summed E-state index contributed by atoms with van der Waals surface area (Å²) in [6, 6.07) is 0. The standard InChI is InChI=1S/C12H17NO/c14-12-6-3-5-10(8-12)11-4-1-2-7-13-9-11/h3,5,8,11,13H,1-2,4,6-7,9H2. The van der Waals surface area contributed by atoms with Crippen LogP contribution in [0.1, 0.15) is 25.7 Å². The van der Waals surface area contributed by atoms with Gasteiger partial charge >= 0.3 is 0 Å². The molecule has 0 saturated carbocycles. The van der Waals surface area contributed by atoms with E-state index in [2.05, 4.69) is 11.4 Å². The molecule has 1 N–H and O–H groups in total. The Morgan fingerprint density at radius 3 is 3.14 bits per heavy atom. The van der Waals surface area contributed by atoms with Gasteiger partial charge in [-0.2, -0.15) is 0 Å². The summed E-state index contributed by atoms with van der Waals surface area (Å²) < 4.78 is 0. The van der Waals surface area contributed by atoms with E-state index in [0.717, 1.165) is 13.1 Å². The van der Waals surface area contributed by atoms with E-state index >= 15 is 0 Å². The number of carbonyl (C=O) groups excluding carboxylic acids is 1. The lowest BCUT2D eigenvalue weighted by molar-refractivity contribution is -0.114. The van der Waals surface area contributed by atoms with E-state index in [-0.39, 0.29) is 5.78 Å².